The third-order valence-electron chi connectivity index (χ3n) is 4.83. The van der Waals surface area contributed by atoms with Gasteiger partial charge in [0, 0.05) is 31.5 Å². The Morgan fingerprint density at radius 3 is 2.63 bits per heavy atom. The van der Waals surface area contributed by atoms with Crippen molar-refractivity contribution in [1.29, 1.82) is 0 Å². The standard InChI is InChI=1S/C14H21N3OS/c1-2-11-6-17(14-16-15-9-19-14)7-12(3-1)13(11)18-8-10-4-5-10/h9-13H,1-8H2. The van der Waals surface area contributed by atoms with Crippen LogP contribution in [0.2, 0.25) is 0 Å². The van der Waals surface area contributed by atoms with Gasteiger partial charge in [0.25, 0.3) is 0 Å². The smallest absolute Gasteiger partial charge is 0.208 e. The first kappa shape index (κ1) is 12.1. The fourth-order valence-corrected chi connectivity index (χ4v) is 4.23. The van der Waals surface area contributed by atoms with Crippen LogP contribution in [0, 0.1) is 17.8 Å². The summed E-state index contributed by atoms with van der Waals surface area (Å²) < 4.78 is 6.28. The molecule has 1 saturated heterocycles. The molecule has 3 fully saturated rings. The molecule has 1 aromatic rings. The lowest BCUT2D eigenvalue weighted by Crippen LogP contribution is -2.52. The lowest BCUT2D eigenvalue weighted by atomic mass is 9.75. The van der Waals surface area contributed by atoms with Gasteiger partial charge in [0.15, 0.2) is 0 Å². The van der Waals surface area contributed by atoms with Gasteiger partial charge in [-0.2, -0.15) is 0 Å². The highest BCUT2D eigenvalue weighted by atomic mass is 32.1. The molecule has 2 aliphatic carbocycles. The highest BCUT2D eigenvalue weighted by Crippen LogP contribution is 2.40. The minimum atomic E-state index is 0.513. The van der Waals surface area contributed by atoms with Crippen LogP contribution in [-0.4, -0.2) is 36.0 Å². The van der Waals surface area contributed by atoms with E-state index in [4.69, 9.17) is 4.74 Å². The zero-order chi connectivity index (χ0) is 12.7. The van der Waals surface area contributed by atoms with E-state index in [1.165, 1.54) is 32.1 Å². The van der Waals surface area contributed by atoms with Crippen molar-refractivity contribution in [2.75, 3.05) is 24.6 Å². The summed E-state index contributed by atoms with van der Waals surface area (Å²) in [6, 6.07) is 0. The van der Waals surface area contributed by atoms with E-state index in [9.17, 15) is 0 Å². The van der Waals surface area contributed by atoms with Gasteiger partial charge in [-0.25, -0.2) is 0 Å². The fourth-order valence-electron chi connectivity index (χ4n) is 3.65. The largest absolute Gasteiger partial charge is 0.377 e. The Balaban J connectivity index is 1.44. The van der Waals surface area contributed by atoms with Gasteiger partial charge < -0.3 is 9.64 Å². The number of anilines is 1. The maximum atomic E-state index is 6.28. The number of aromatic nitrogens is 2. The first-order valence-electron chi connectivity index (χ1n) is 7.53. The quantitative estimate of drug-likeness (QED) is 0.849. The molecule has 3 aliphatic rings. The van der Waals surface area contributed by atoms with Gasteiger partial charge in [-0.15, -0.1) is 10.2 Å². The second-order valence-corrected chi connectivity index (χ2v) is 7.13. The average molecular weight is 279 g/mol. The lowest BCUT2D eigenvalue weighted by molar-refractivity contribution is -0.0598. The van der Waals surface area contributed by atoms with Crippen molar-refractivity contribution in [2.45, 2.75) is 38.2 Å². The van der Waals surface area contributed by atoms with Crippen molar-refractivity contribution < 1.29 is 4.74 Å². The predicted molar refractivity (Wildman–Crippen MR) is 75.4 cm³/mol. The molecule has 104 valence electrons. The molecule has 4 rings (SSSR count). The molecule has 2 atom stereocenters. The van der Waals surface area contributed by atoms with Crippen molar-refractivity contribution in [3.63, 3.8) is 0 Å². The molecule has 1 aliphatic heterocycles. The van der Waals surface area contributed by atoms with Crippen molar-refractivity contribution >= 4 is 16.5 Å². The van der Waals surface area contributed by atoms with Crippen LogP contribution in [0.4, 0.5) is 5.13 Å². The molecule has 2 unspecified atom stereocenters. The number of hydrogen-bond acceptors (Lipinski definition) is 5. The Kier molecular flexibility index (Phi) is 3.19. The molecular formula is C14H21N3OS. The third-order valence-corrected chi connectivity index (χ3v) is 5.58. The summed E-state index contributed by atoms with van der Waals surface area (Å²) in [5, 5.41) is 9.30. The van der Waals surface area contributed by atoms with Gasteiger partial charge >= 0.3 is 0 Å². The van der Waals surface area contributed by atoms with Gasteiger partial charge in [-0.05, 0) is 31.6 Å². The molecule has 2 bridgehead atoms. The van der Waals surface area contributed by atoms with E-state index in [-0.39, 0.29) is 0 Å². The predicted octanol–water partition coefficient (Wildman–Crippen LogP) is 2.57. The van der Waals surface area contributed by atoms with E-state index >= 15 is 0 Å². The van der Waals surface area contributed by atoms with E-state index in [2.05, 4.69) is 15.1 Å². The third kappa shape index (κ3) is 2.50. The van der Waals surface area contributed by atoms with E-state index in [0.29, 0.717) is 17.9 Å². The topological polar surface area (TPSA) is 38.2 Å². The van der Waals surface area contributed by atoms with E-state index in [1.54, 1.807) is 11.3 Å². The van der Waals surface area contributed by atoms with Gasteiger partial charge in [-0.1, -0.05) is 17.8 Å². The summed E-state index contributed by atoms with van der Waals surface area (Å²) in [6.45, 7) is 3.23. The Labute approximate surface area is 118 Å². The minimum Gasteiger partial charge on any atom is -0.377 e. The SMILES string of the molecule is c1nnc(N2CC3CCCC(C2)C3OCC2CC2)s1. The number of ether oxygens (including phenoxy) is 1. The van der Waals surface area contributed by atoms with Crippen LogP contribution in [0.25, 0.3) is 0 Å². The highest BCUT2D eigenvalue weighted by Gasteiger charge is 2.41. The number of hydrogen-bond donors (Lipinski definition) is 0. The van der Waals surface area contributed by atoms with Crippen LogP contribution in [0.3, 0.4) is 0 Å². The molecule has 0 spiro atoms. The average Bonchev–Trinajstić information content (AvgIpc) is 3.07. The Morgan fingerprint density at radius 2 is 2.00 bits per heavy atom. The molecule has 0 radical (unpaired) electrons. The number of rotatable bonds is 4. The van der Waals surface area contributed by atoms with Gasteiger partial charge in [-0.3, -0.25) is 0 Å². The summed E-state index contributed by atoms with van der Waals surface area (Å²) in [5.74, 6) is 2.28. The molecule has 4 nitrogen and oxygen atoms in total. The van der Waals surface area contributed by atoms with Crippen LogP contribution in [0.15, 0.2) is 5.51 Å². The van der Waals surface area contributed by atoms with E-state index < -0.39 is 0 Å². The van der Waals surface area contributed by atoms with Crippen molar-refractivity contribution in [3.05, 3.63) is 5.51 Å². The zero-order valence-corrected chi connectivity index (χ0v) is 12.0. The summed E-state index contributed by atoms with van der Waals surface area (Å²) >= 11 is 1.66. The maximum Gasteiger partial charge on any atom is 0.208 e. The molecule has 2 heterocycles. The summed E-state index contributed by atoms with van der Waals surface area (Å²) in [6.07, 6.45) is 7.31. The molecule has 0 N–H and O–H groups in total. The van der Waals surface area contributed by atoms with Gasteiger partial charge in [0.2, 0.25) is 5.13 Å². The first-order valence-corrected chi connectivity index (χ1v) is 8.41. The molecular weight excluding hydrogens is 258 g/mol. The first-order chi connectivity index (χ1) is 9.40. The van der Waals surface area contributed by atoms with Crippen LogP contribution in [0.1, 0.15) is 32.1 Å². The Bertz CT molecular complexity index is 406. The summed E-state index contributed by atoms with van der Waals surface area (Å²) in [5.41, 5.74) is 1.83. The molecule has 2 saturated carbocycles. The van der Waals surface area contributed by atoms with E-state index in [0.717, 1.165) is 30.7 Å². The minimum absolute atomic E-state index is 0.513. The lowest BCUT2D eigenvalue weighted by Gasteiger charge is -2.46. The second-order valence-electron chi connectivity index (χ2n) is 6.32. The molecule has 1 aromatic heterocycles. The van der Waals surface area contributed by atoms with Gasteiger partial charge in [0.1, 0.15) is 5.51 Å². The Hall–Kier alpha value is -0.680. The number of fused-ring (bicyclic) bond motifs is 2. The fraction of sp³-hybridized carbons (Fsp3) is 0.857. The second kappa shape index (κ2) is 5.02. The maximum absolute atomic E-state index is 6.28. The normalized spacial score (nSPS) is 34.5. The van der Waals surface area contributed by atoms with Gasteiger partial charge in [0.05, 0.1) is 6.10 Å². The number of nitrogens with zero attached hydrogens (tertiary/aromatic N) is 3. The highest BCUT2D eigenvalue weighted by molar-refractivity contribution is 7.13. The van der Waals surface area contributed by atoms with Crippen molar-refractivity contribution in [3.8, 4) is 0 Å². The van der Waals surface area contributed by atoms with Crippen LogP contribution in [0.5, 0.6) is 0 Å². The number of piperidine rings is 1. The van der Waals surface area contributed by atoms with Crippen LogP contribution < -0.4 is 4.90 Å². The van der Waals surface area contributed by atoms with Crippen molar-refractivity contribution in [1.82, 2.24) is 10.2 Å². The molecule has 19 heavy (non-hydrogen) atoms. The monoisotopic (exact) mass is 279 g/mol. The van der Waals surface area contributed by atoms with Crippen LogP contribution in [-0.2, 0) is 4.74 Å². The molecule has 5 heteroatoms. The molecule has 0 aromatic carbocycles. The Morgan fingerprint density at radius 1 is 1.21 bits per heavy atom. The van der Waals surface area contributed by atoms with Crippen molar-refractivity contribution in [2.24, 2.45) is 17.8 Å². The summed E-state index contributed by atoms with van der Waals surface area (Å²) in [4.78, 5) is 2.43. The van der Waals surface area contributed by atoms with E-state index in [1.807, 2.05) is 5.51 Å². The molecule has 0 amide bonds. The van der Waals surface area contributed by atoms with Crippen LogP contribution >= 0.6 is 11.3 Å². The zero-order valence-electron chi connectivity index (χ0n) is 11.2. The summed E-state index contributed by atoms with van der Waals surface area (Å²) in [7, 11) is 0.